The minimum Gasteiger partial charge on any atom is -0.390 e. The lowest BCUT2D eigenvalue weighted by molar-refractivity contribution is -0.123. The van der Waals surface area contributed by atoms with Gasteiger partial charge in [0.1, 0.15) is 0 Å². The number of aliphatic hydroxyl groups is 1. The summed E-state index contributed by atoms with van der Waals surface area (Å²) in [7, 11) is 0. The maximum Gasteiger partial charge on any atom is 0.250 e. The first-order valence-corrected chi connectivity index (χ1v) is 9.28. The molecule has 1 aliphatic rings. The van der Waals surface area contributed by atoms with E-state index in [0.717, 1.165) is 24.3 Å². The van der Waals surface area contributed by atoms with Gasteiger partial charge in [-0.3, -0.25) is 19.5 Å². The molecular weight excluding hydrogens is 344 g/mol. The number of carbonyl (C=O) groups is 1. The third-order valence-corrected chi connectivity index (χ3v) is 4.97. The first-order chi connectivity index (χ1) is 13.0. The Morgan fingerprint density at radius 1 is 1.33 bits per heavy atom. The molecule has 0 spiro atoms. The van der Waals surface area contributed by atoms with Crippen molar-refractivity contribution in [2.45, 2.75) is 45.0 Å². The van der Waals surface area contributed by atoms with E-state index in [2.05, 4.69) is 15.2 Å². The lowest BCUT2D eigenvalue weighted by Gasteiger charge is -2.36. The van der Waals surface area contributed by atoms with Crippen LogP contribution in [0.2, 0.25) is 0 Å². The lowest BCUT2D eigenvalue weighted by Crippen LogP contribution is -2.53. The summed E-state index contributed by atoms with van der Waals surface area (Å²) in [4.78, 5) is 30.4. The Kier molecular flexibility index (Phi) is 6.36. The second kappa shape index (κ2) is 8.92. The molecule has 1 amide bonds. The van der Waals surface area contributed by atoms with Crippen molar-refractivity contribution in [3.8, 4) is 0 Å². The third kappa shape index (κ3) is 5.24. The van der Waals surface area contributed by atoms with E-state index in [0.29, 0.717) is 19.5 Å². The van der Waals surface area contributed by atoms with Crippen LogP contribution in [-0.2, 0) is 17.9 Å². The molecule has 1 fully saturated rings. The Balaban J connectivity index is 1.47. The molecule has 27 heavy (non-hydrogen) atoms. The molecule has 0 unspecified atom stereocenters. The van der Waals surface area contributed by atoms with Crippen molar-refractivity contribution in [1.82, 2.24) is 19.8 Å². The number of likely N-dealkylation sites (tertiary alicyclic amines) is 1. The predicted octanol–water partition coefficient (Wildman–Crippen LogP) is 0.693. The second-order valence-corrected chi connectivity index (χ2v) is 7.03. The minimum atomic E-state index is -0.611. The number of pyridine rings is 2. The van der Waals surface area contributed by atoms with Crippen LogP contribution in [0.3, 0.4) is 0 Å². The summed E-state index contributed by atoms with van der Waals surface area (Å²) in [6, 6.07) is 8.72. The standard InChI is InChI=1S/C20H26N4O3/c1-15-4-2-6-20(27)24(15)11-8-19(26)22-17-7-10-23(14-18(17)25)13-16-5-3-9-21-12-16/h2-6,9,12,17-18,25H,7-8,10-11,13-14H2,1H3,(H,22,26)/t17-,18-/m1/s1. The number of hydrogen-bond donors (Lipinski definition) is 2. The van der Waals surface area contributed by atoms with Crippen LogP contribution >= 0.6 is 0 Å². The van der Waals surface area contributed by atoms with E-state index >= 15 is 0 Å². The zero-order valence-electron chi connectivity index (χ0n) is 15.5. The third-order valence-electron chi connectivity index (χ3n) is 4.97. The van der Waals surface area contributed by atoms with Gasteiger partial charge in [0.05, 0.1) is 12.1 Å². The number of aliphatic hydroxyl groups excluding tert-OH is 1. The molecule has 0 bridgehead atoms. The van der Waals surface area contributed by atoms with Gasteiger partial charge in [0.25, 0.3) is 5.56 Å². The fourth-order valence-corrected chi connectivity index (χ4v) is 3.46. The summed E-state index contributed by atoms with van der Waals surface area (Å²) in [6.07, 6.45) is 3.87. The van der Waals surface area contributed by atoms with Gasteiger partial charge in [0.15, 0.2) is 0 Å². The highest BCUT2D eigenvalue weighted by Crippen LogP contribution is 2.14. The number of nitrogens with zero attached hydrogens (tertiary/aromatic N) is 3. The Morgan fingerprint density at radius 2 is 2.19 bits per heavy atom. The Bertz CT molecular complexity index is 821. The first-order valence-electron chi connectivity index (χ1n) is 9.28. The molecule has 2 atom stereocenters. The summed E-state index contributed by atoms with van der Waals surface area (Å²) in [5.41, 5.74) is 1.83. The van der Waals surface area contributed by atoms with Gasteiger partial charge in [-0.15, -0.1) is 0 Å². The van der Waals surface area contributed by atoms with Crippen LogP contribution in [0, 0.1) is 6.92 Å². The highest BCUT2D eigenvalue weighted by Gasteiger charge is 2.28. The summed E-state index contributed by atoms with van der Waals surface area (Å²) in [5.74, 6) is -0.144. The van der Waals surface area contributed by atoms with Gasteiger partial charge in [-0.1, -0.05) is 12.1 Å². The molecule has 2 N–H and O–H groups in total. The van der Waals surface area contributed by atoms with Crippen molar-refractivity contribution in [2.24, 2.45) is 0 Å². The highest BCUT2D eigenvalue weighted by molar-refractivity contribution is 5.76. The van der Waals surface area contributed by atoms with Crippen LogP contribution in [-0.4, -0.2) is 50.7 Å². The number of β-amino-alcohol motifs (C(OH)–C–C–N with tert-alkyl or cyclic N) is 1. The van der Waals surface area contributed by atoms with E-state index in [1.165, 1.54) is 6.07 Å². The van der Waals surface area contributed by atoms with Gasteiger partial charge in [-0.2, -0.15) is 0 Å². The number of nitrogens with one attached hydrogen (secondary N) is 1. The van der Waals surface area contributed by atoms with Gasteiger partial charge in [0, 0.05) is 56.8 Å². The zero-order chi connectivity index (χ0) is 19.2. The minimum absolute atomic E-state index is 0.105. The van der Waals surface area contributed by atoms with Crippen LogP contribution in [0.4, 0.5) is 0 Å². The number of aromatic nitrogens is 2. The topological polar surface area (TPSA) is 87.5 Å². The molecular formula is C20H26N4O3. The number of rotatable bonds is 6. The number of aryl methyl sites for hydroxylation is 1. The fourth-order valence-electron chi connectivity index (χ4n) is 3.46. The summed E-state index contributed by atoms with van der Waals surface area (Å²) < 4.78 is 1.59. The molecule has 1 saturated heterocycles. The average Bonchev–Trinajstić information content (AvgIpc) is 2.64. The van der Waals surface area contributed by atoms with E-state index in [1.54, 1.807) is 16.8 Å². The molecule has 7 heteroatoms. The molecule has 0 aromatic carbocycles. The van der Waals surface area contributed by atoms with Crippen LogP contribution in [0.25, 0.3) is 0 Å². The van der Waals surface area contributed by atoms with Gasteiger partial charge in [-0.25, -0.2) is 0 Å². The van der Waals surface area contributed by atoms with Crippen molar-refractivity contribution in [1.29, 1.82) is 0 Å². The first kappa shape index (κ1) is 19.3. The van der Waals surface area contributed by atoms with Gasteiger partial charge < -0.3 is 15.0 Å². The van der Waals surface area contributed by atoms with Gasteiger partial charge in [-0.05, 0) is 31.0 Å². The van der Waals surface area contributed by atoms with Crippen LogP contribution in [0.5, 0.6) is 0 Å². The van der Waals surface area contributed by atoms with E-state index in [-0.39, 0.29) is 23.9 Å². The van der Waals surface area contributed by atoms with Crippen molar-refractivity contribution in [3.05, 3.63) is 64.3 Å². The maximum absolute atomic E-state index is 12.3. The van der Waals surface area contributed by atoms with Crippen LogP contribution in [0.1, 0.15) is 24.1 Å². The van der Waals surface area contributed by atoms with E-state index in [1.807, 2.05) is 31.3 Å². The van der Waals surface area contributed by atoms with Crippen molar-refractivity contribution >= 4 is 5.91 Å². The lowest BCUT2D eigenvalue weighted by atomic mass is 10.0. The molecule has 1 aliphatic heterocycles. The predicted molar refractivity (Wildman–Crippen MR) is 102 cm³/mol. The normalized spacial score (nSPS) is 20.4. The second-order valence-electron chi connectivity index (χ2n) is 7.03. The molecule has 3 heterocycles. The molecule has 2 aromatic rings. The summed E-state index contributed by atoms with van der Waals surface area (Å²) >= 11 is 0. The number of amides is 1. The maximum atomic E-state index is 12.3. The molecule has 0 aliphatic carbocycles. The average molecular weight is 370 g/mol. The SMILES string of the molecule is Cc1cccc(=O)n1CCC(=O)N[C@@H]1CCN(Cc2cccnc2)C[C@H]1O. The molecule has 2 aromatic heterocycles. The zero-order valence-corrected chi connectivity index (χ0v) is 15.5. The number of hydrogen-bond acceptors (Lipinski definition) is 5. The summed E-state index contributed by atoms with van der Waals surface area (Å²) in [6.45, 7) is 4.24. The van der Waals surface area contributed by atoms with Crippen molar-refractivity contribution in [2.75, 3.05) is 13.1 Å². The number of piperidine rings is 1. The summed E-state index contributed by atoms with van der Waals surface area (Å²) in [5, 5.41) is 13.3. The molecule has 3 rings (SSSR count). The largest absolute Gasteiger partial charge is 0.390 e. The van der Waals surface area contributed by atoms with Crippen molar-refractivity contribution < 1.29 is 9.90 Å². The quantitative estimate of drug-likeness (QED) is 0.781. The highest BCUT2D eigenvalue weighted by atomic mass is 16.3. The van der Waals surface area contributed by atoms with E-state index in [4.69, 9.17) is 0 Å². The molecule has 0 saturated carbocycles. The monoisotopic (exact) mass is 370 g/mol. The van der Waals surface area contributed by atoms with Crippen LogP contribution in [0.15, 0.2) is 47.5 Å². The van der Waals surface area contributed by atoms with E-state index < -0.39 is 6.10 Å². The molecule has 0 radical (unpaired) electrons. The molecule has 7 nitrogen and oxygen atoms in total. The fraction of sp³-hybridized carbons (Fsp3) is 0.450. The Morgan fingerprint density at radius 3 is 2.89 bits per heavy atom. The molecule has 144 valence electrons. The number of carbonyl (C=O) groups excluding carboxylic acids is 1. The smallest absolute Gasteiger partial charge is 0.250 e. The van der Waals surface area contributed by atoms with Gasteiger partial charge in [0.2, 0.25) is 5.91 Å². The van der Waals surface area contributed by atoms with Crippen molar-refractivity contribution in [3.63, 3.8) is 0 Å². The van der Waals surface area contributed by atoms with E-state index in [9.17, 15) is 14.7 Å². The Labute approximate surface area is 158 Å². The Hall–Kier alpha value is -2.51. The van der Waals surface area contributed by atoms with Gasteiger partial charge >= 0.3 is 0 Å². The van der Waals surface area contributed by atoms with Crippen LogP contribution < -0.4 is 10.9 Å².